The fourth-order valence-electron chi connectivity index (χ4n) is 9.72. The molecule has 6 rings (SSSR count). The normalized spacial score (nSPS) is 28.3. The molecule has 4 aliphatic carbocycles. The van der Waals surface area contributed by atoms with Crippen LogP contribution in [0.2, 0.25) is 0 Å². The number of rotatable bonds is 12. The van der Waals surface area contributed by atoms with Crippen LogP contribution >= 0.6 is 0 Å². The van der Waals surface area contributed by atoms with Crippen molar-refractivity contribution < 1.29 is 47.4 Å². The first-order valence-corrected chi connectivity index (χ1v) is 21.2. The van der Waals surface area contributed by atoms with Gasteiger partial charge in [0.25, 0.3) is 0 Å². The summed E-state index contributed by atoms with van der Waals surface area (Å²) in [5, 5.41) is 9.15. The van der Waals surface area contributed by atoms with E-state index in [-0.39, 0.29) is 41.6 Å². The number of amides is 3. The van der Waals surface area contributed by atoms with Crippen LogP contribution in [0.5, 0.6) is 5.75 Å². The van der Waals surface area contributed by atoms with Crippen molar-refractivity contribution in [1.82, 2.24) is 16.0 Å². The Morgan fingerprint density at radius 2 is 1.43 bits per heavy atom. The number of methoxy groups -OCH3 is 1. The molecule has 3 amide bonds. The van der Waals surface area contributed by atoms with E-state index in [4.69, 9.17) is 28.3 Å². The molecule has 2 bridgehead atoms. The highest BCUT2D eigenvalue weighted by Gasteiger charge is 2.68. The lowest BCUT2D eigenvalue weighted by molar-refractivity contribution is -0.199. The smallest absolute Gasteiger partial charge is 0.482 e. The van der Waals surface area contributed by atoms with Gasteiger partial charge in [0, 0.05) is 19.5 Å². The molecule has 1 aliphatic heterocycles. The lowest BCUT2D eigenvalue weighted by Gasteiger charge is -2.64. The number of carbonyl (C=O) groups is 4. The second-order valence-electron chi connectivity index (χ2n) is 20.9. The van der Waals surface area contributed by atoms with Crippen LogP contribution in [0.1, 0.15) is 138 Å². The number of hydrogen-bond acceptors (Lipinski definition) is 10. The molecule has 14 heteroatoms. The number of esters is 1. The van der Waals surface area contributed by atoms with Crippen LogP contribution in [0.3, 0.4) is 0 Å². The molecular formula is C44H70BN3O10. The van der Waals surface area contributed by atoms with Crippen LogP contribution in [0, 0.1) is 35.0 Å². The summed E-state index contributed by atoms with van der Waals surface area (Å²) < 4.78 is 36.2. The van der Waals surface area contributed by atoms with E-state index in [1.54, 1.807) is 12.1 Å². The summed E-state index contributed by atoms with van der Waals surface area (Å²) >= 11 is 0. The third-order valence-electron chi connectivity index (χ3n) is 12.5. The molecule has 13 nitrogen and oxygen atoms in total. The van der Waals surface area contributed by atoms with E-state index in [9.17, 15) is 19.2 Å². The summed E-state index contributed by atoms with van der Waals surface area (Å²) in [6.07, 6.45) is 3.64. The van der Waals surface area contributed by atoms with E-state index in [2.05, 4.69) is 36.7 Å². The van der Waals surface area contributed by atoms with E-state index in [0.29, 0.717) is 49.1 Å². The van der Waals surface area contributed by atoms with E-state index in [0.717, 1.165) is 31.2 Å². The Labute approximate surface area is 346 Å². The van der Waals surface area contributed by atoms with E-state index >= 15 is 0 Å². The molecule has 1 aromatic carbocycles. The average Bonchev–Trinajstić information content (AvgIpc) is 3.45. The van der Waals surface area contributed by atoms with Gasteiger partial charge in [0.05, 0.1) is 24.8 Å². The molecule has 8 atom stereocenters. The molecule has 5 aliphatic rings. The third kappa shape index (κ3) is 11.2. The zero-order chi connectivity index (χ0) is 43.0. The van der Waals surface area contributed by atoms with Crippen molar-refractivity contribution in [1.29, 1.82) is 0 Å². The van der Waals surface area contributed by atoms with Crippen molar-refractivity contribution in [3.8, 4) is 5.75 Å². The maximum absolute atomic E-state index is 14.2. The molecule has 1 heterocycles. The van der Waals surface area contributed by atoms with Gasteiger partial charge in [-0.1, -0.05) is 26.0 Å². The van der Waals surface area contributed by atoms with Gasteiger partial charge in [-0.2, -0.15) is 0 Å². The number of alkyl carbamates (subject to hydrolysis) is 2. The van der Waals surface area contributed by atoms with Crippen LogP contribution in [-0.2, 0) is 34.7 Å². The van der Waals surface area contributed by atoms with Crippen LogP contribution in [0.4, 0.5) is 9.59 Å². The van der Waals surface area contributed by atoms with E-state index < -0.39 is 53.6 Å². The zero-order valence-electron chi connectivity index (χ0n) is 37.3. The average molecular weight is 812 g/mol. The maximum atomic E-state index is 14.2. The summed E-state index contributed by atoms with van der Waals surface area (Å²) in [5.74, 6) is 0.115. The first-order chi connectivity index (χ1) is 26.8. The van der Waals surface area contributed by atoms with Gasteiger partial charge < -0.3 is 44.2 Å². The molecule has 58 heavy (non-hydrogen) atoms. The lowest BCUT2D eigenvalue weighted by atomic mass is 9.43. The molecule has 0 spiro atoms. The highest BCUT2D eigenvalue weighted by molar-refractivity contribution is 6.48. The van der Waals surface area contributed by atoms with Crippen LogP contribution < -0.4 is 20.7 Å². The SMILES string of the molecule is COc1c(C[C@H](NC(=O)C[C@H]2CC[C@H](CNC(=O)OC(C)(C)C)[C@@H](CNC(=O)OC(C)(C)C)C2)B2OC3CC4CC(C4(C)C)C3(C)O2)cccc1C(=O)OC(C)(C)C. The summed E-state index contributed by atoms with van der Waals surface area (Å²) in [6, 6.07) is 5.38. The number of ether oxygens (including phenoxy) is 4. The third-order valence-corrected chi connectivity index (χ3v) is 12.5. The number of carbonyl (C=O) groups excluding carboxylic acids is 4. The predicted molar refractivity (Wildman–Crippen MR) is 221 cm³/mol. The van der Waals surface area contributed by atoms with E-state index in [1.165, 1.54) is 7.11 Å². The van der Waals surface area contributed by atoms with E-state index in [1.807, 2.05) is 68.4 Å². The molecule has 324 valence electrons. The minimum absolute atomic E-state index is 0.0208. The Bertz CT molecular complexity index is 1670. The second-order valence-corrected chi connectivity index (χ2v) is 20.9. The van der Waals surface area contributed by atoms with Gasteiger partial charge >= 0.3 is 25.3 Å². The van der Waals surface area contributed by atoms with Gasteiger partial charge in [-0.05, 0) is 154 Å². The van der Waals surface area contributed by atoms with Gasteiger partial charge in [-0.3, -0.25) is 4.79 Å². The number of benzene rings is 1. The summed E-state index contributed by atoms with van der Waals surface area (Å²) in [5.41, 5.74) is -1.29. The van der Waals surface area contributed by atoms with Gasteiger partial charge in [0.1, 0.15) is 28.1 Å². The van der Waals surface area contributed by atoms with Crippen LogP contribution in [-0.4, -0.2) is 85.8 Å². The Balaban J connectivity index is 1.33. The molecule has 0 radical (unpaired) electrons. The van der Waals surface area contributed by atoms with Gasteiger partial charge in [-0.15, -0.1) is 0 Å². The largest absolute Gasteiger partial charge is 0.496 e. The topological polar surface area (TPSA) is 160 Å². The van der Waals surface area contributed by atoms with Crippen LogP contribution in [0.15, 0.2) is 18.2 Å². The first-order valence-electron chi connectivity index (χ1n) is 21.2. The highest BCUT2D eigenvalue weighted by atomic mass is 16.7. The molecule has 5 fully saturated rings. The molecular weight excluding hydrogens is 741 g/mol. The molecule has 3 N–H and O–H groups in total. The second kappa shape index (κ2) is 17.2. The molecule has 1 saturated heterocycles. The number of nitrogens with one attached hydrogen (secondary N) is 3. The summed E-state index contributed by atoms with van der Waals surface area (Å²) in [6.45, 7) is 23.9. The van der Waals surface area contributed by atoms with Crippen LogP contribution in [0.25, 0.3) is 0 Å². The summed E-state index contributed by atoms with van der Waals surface area (Å²) in [7, 11) is 0.811. The lowest BCUT2D eigenvalue weighted by Crippen LogP contribution is -2.65. The fourth-order valence-corrected chi connectivity index (χ4v) is 9.72. The molecule has 4 unspecified atom stereocenters. The first kappa shape index (κ1) is 45.6. The highest BCUT2D eigenvalue weighted by Crippen LogP contribution is 2.65. The van der Waals surface area contributed by atoms with Crippen molar-refractivity contribution in [2.24, 2.45) is 35.0 Å². The summed E-state index contributed by atoms with van der Waals surface area (Å²) in [4.78, 5) is 52.7. The van der Waals surface area contributed by atoms with Crippen molar-refractivity contribution in [3.05, 3.63) is 29.3 Å². The Kier molecular flexibility index (Phi) is 13.5. The van der Waals surface area contributed by atoms with Crippen molar-refractivity contribution in [2.75, 3.05) is 20.2 Å². The minimum atomic E-state index is -0.718. The van der Waals surface area contributed by atoms with Gasteiger partial charge in [0.15, 0.2) is 0 Å². The number of hydrogen-bond donors (Lipinski definition) is 3. The van der Waals surface area contributed by atoms with Crippen molar-refractivity contribution in [3.63, 3.8) is 0 Å². The maximum Gasteiger partial charge on any atom is 0.482 e. The fraction of sp³-hybridized carbons (Fsp3) is 0.773. The van der Waals surface area contributed by atoms with Crippen molar-refractivity contribution >= 4 is 31.2 Å². The monoisotopic (exact) mass is 812 g/mol. The molecule has 4 saturated carbocycles. The standard InChI is InChI=1S/C44H70BN3O10/c1-40(2,3)54-37(50)31-16-14-15-27(36(31)53-13)21-34(45-57-33-23-30-22-32(43(30,10)11)44(33,12)58-45)48-35(49)20-26-17-18-28(24-46-38(51)55-41(4,5)6)29(19-26)25-47-39(52)56-42(7,8)9/h14-16,26,28-30,32-34H,17-25H2,1-13H3,(H,46,51)(H,47,52)(H,48,49)/t26-,28+,29+,30?,32?,33?,34-,44?/m0/s1. The molecule has 0 aromatic heterocycles. The Morgan fingerprint density at radius 3 is 2.00 bits per heavy atom. The Morgan fingerprint density at radius 1 is 0.828 bits per heavy atom. The molecule has 1 aromatic rings. The van der Waals surface area contributed by atoms with Gasteiger partial charge in [-0.25, -0.2) is 14.4 Å². The quantitative estimate of drug-likeness (QED) is 0.110. The van der Waals surface area contributed by atoms with Gasteiger partial charge in [0.2, 0.25) is 5.91 Å². The number of para-hydroxylation sites is 1. The zero-order valence-corrected chi connectivity index (χ0v) is 37.3. The van der Waals surface area contributed by atoms with Crippen molar-refractivity contribution in [2.45, 2.75) is 162 Å². The minimum Gasteiger partial charge on any atom is -0.496 e. The predicted octanol–water partition coefficient (Wildman–Crippen LogP) is 7.42. The Hall–Kier alpha value is -3.52.